The van der Waals surface area contributed by atoms with Gasteiger partial charge >= 0.3 is 0 Å². The highest BCUT2D eigenvalue weighted by Gasteiger charge is 2.36. The van der Waals surface area contributed by atoms with Crippen LogP contribution in [0.15, 0.2) is 24.5 Å². The van der Waals surface area contributed by atoms with E-state index in [4.69, 9.17) is 0 Å². The first-order valence-electron chi connectivity index (χ1n) is 8.15. The molecule has 0 saturated carbocycles. The smallest absolute Gasteiger partial charge is 0.230 e. The van der Waals surface area contributed by atoms with Crippen LogP contribution in [0.5, 0.6) is 5.75 Å². The van der Waals surface area contributed by atoms with Gasteiger partial charge in [0.25, 0.3) is 0 Å². The van der Waals surface area contributed by atoms with Crippen LogP contribution in [0.1, 0.15) is 48.7 Å². The fourth-order valence-electron chi connectivity index (χ4n) is 3.90. The molecule has 1 N–H and O–H groups in total. The first-order valence-corrected chi connectivity index (χ1v) is 8.15. The lowest BCUT2D eigenvalue weighted by Crippen LogP contribution is -2.43. The number of phenolic OH excluding ortho intramolecular Hbond substituents is 1. The monoisotopic (exact) mass is 312 g/mol. The number of nitrogens with zero attached hydrogens (tertiary/aromatic N) is 4. The molecule has 2 unspecified atom stereocenters. The highest BCUT2D eigenvalue weighted by Crippen LogP contribution is 2.38. The number of rotatable bonds is 1. The summed E-state index contributed by atoms with van der Waals surface area (Å²) in [7, 11) is 0. The molecule has 120 valence electrons. The number of aromatic hydroxyl groups is 1. The van der Waals surface area contributed by atoms with Crippen molar-refractivity contribution in [3.05, 3.63) is 41.5 Å². The number of carbonyl (C=O) groups is 1. The molecule has 23 heavy (non-hydrogen) atoms. The lowest BCUT2D eigenvalue weighted by atomic mass is 9.81. The SMILES string of the molecule is CC1c2nncn2CCN1C(=O)C1CCCc2c(O)cccc21. The third kappa shape index (κ3) is 2.20. The molecule has 0 bridgehead atoms. The van der Waals surface area contributed by atoms with Crippen LogP contribution < -0.4 is 0 Å². The highest BCUT2D eigenvalue weighted by molar-refractivity contribution is 5.85. The van der Waals surface area contributed by atoms with Crippen LogP contribution in [0.3, 0.4) is 0 Å². The van der Waals surface area contributed by atoms with Gasteiger partial charge in [-0.25, -0.2) is 0 Å². The van der Waals surface area contributed by atoms with E-state index < -0.39 is 0 Å². The van der Waals surface area contributed by atoms with Crippen LogP contribution in [0, 0.1) is 0 Å². The van der Waals surface area contributed by atoms with Crippen LogP contribution in [0.2, 0.25) is 0 Å². The molecule has 2 aliphatic rings. The van der Waals surface area contributed by atoms with Crippen molar-refractivity contribution >= 4 is 5.91 Å². The number of carbonyl (C=O) groups excluding carboxylic acids is 1. The van der Waals surface area contributed by atoms with Crippen LogP contribution in [0.4, 0.5) is 0 Å². The summed E-state index contributed by atoms with van der Waals surface area (Å²) in [4.78, 5) is 15.1. The molecule has 1 aliphatic heterocycles. The van der Waals surface area contributed by atoms with Crippen molar-refractivity contribution in [2.45, 2.75) is 44.7 Å². The molecule has 0 radical (unpaired) electrons. The number of hydrogen-bond donors (Lipinski definition) is 1. The van der Waals surface area contributed by atoms with Crippen molar-refractivity contribution in [2.75, 3.05) is 6.54 Å². The predicted octanol–water partition coefficient (Wildman–Crippen LogP) is 2.01. The molecule has 2 heterocycles. The fourth-order valence-corrected chi connectivity index (χ4v) is 3.90. The summed E-state index contributed by atoms with van der Waals surface area (Å²) in [5.74, 6) is 1.13. The van der Waals surface area contributed by atoms with Gasteiger partial charge in [0.2, 0.25) is 5.91 Å². The van der Waals surface area contributed by atoms with Gasteiger partial charge in [0, 0.05) is 13.1 Å². The third-order valence-corrected chi connectivity index (χ3v) is 5.13. The lowest BCUT2D eigenvalue weighted by Gasteiger charge is -2.37. The molecule has 2 atom stereocenters. The third-order valence-electron chi connectivity index (χ3n) is 5.13. The Morgan fingerprint density at radius 2 is 2.22 bits per heavy atom. The summed E-state index contributed by atoms with van der Waals surface area (Å²) in [5.41, 5.74) is 1.92. The summed E-state index contributed by atoms with van der Waals surface area (Å²) in [6.45, 7) is 3.41. The average Bonchev–Trinajstić information content (AvgIpc) is 3.04. The van der Waals surface area contributed by atoms with E-state index in [2.05, 4.69) is 10.2 Å². The lowest BCUT2D eigenvalue weighted by molar-refractivity contribution is -0.136. The summed E-state index contributed by atoms with van der Waals surface area (Å²) in [6, 6.07) is 5.45. The first-order chi connectivity index (χ1) is 11.2. The van der Waals surface area contributed by atoms with Gasteiger partial charge in [-0.2, -0.15) is 0 Å². The maximum absolute atomic E-state index is 13.2. The van der Waals surface area contributed by atoms with Crippen molar-refractivity contribution in [3.8, 4) is 5.75 Å². The van der Waals surface area contributed by atoms with E-state index in [0.29, 0.717) is 12.3 Å². The van der Waals surface area contributed by atoms with Crippen LogP contribution >= 0.6 is 0 Å². The van der Waals surface area contributed by atoms with Gasteiger partial charge in [-0.1, -0.05) is 12.1 Å². The molecule has 2 aromatic rings. The van der Waals surface area contributed by atoms with E-state index in [0.717, 1.165) is 42.8 Å². The van der Waals surface area contributed by atoms with Crippen LogP contribution in [0.25, 0.3) is 0 Å². The second-order valence-corrected chi connectivity index (χ2v) is 6.38. The van der Waals surface area contributed by atoms with E-state index in [1.807, 2.05) is 28.5 Å². The van der Waals surface area contributed by atoms with E-state index in [-0.39, 0.29) is 17.9 Å². The molecule has 4 rings (SSSR count). The Kier molecular flexibility index (Phi) is 3.32. The second-order valence-electron chi connectivity index (χ2n) is 6.38. The van der Waals surface area contributed by atoms with Gasteiger partial charge < -0.3 is 14.6 Å². The van der Waals surface area contributed by atoms with E-state index in [1.165, 1.54) is 0 Å². The van der Waals surface area contributed by atoms with Crippen molar-refractivity contribution in [2.24, 2.45) is 0 Å². The Morgan fingerprint density at radius 1 is 1.35 bits per heavy atom. The van der Waals surface area contributed by atoms with Gasteiger partial charge in [-0.05, 0) is 43.4 Å². The standard InChI is InChI=1S/C17H20N4O2/c1-11-16-19-18-10-20(16)8-9-21(11)17(23)14-6-2-5-13-12(14)4-3-7-15(13)22/h3-4,7,10-11,14,22H,2,5-6,8-9H2,1H3. The van der Waals surface area contributed by atoms with Gasteiger partial charge in [-0.15, -0.1) is 10.2 Å². The van der Waals surface area contributed by atoms with Gasteiger partial charge in [-0.3, -0.25) is 4.79 Å². The molecule has 0 fully saturated rings. The van der Waals surface area contributed by atoms with Crippen molar-refractivity contribution in [1.82, 2.24) is 19.7 Å². The minimum atomic E-state index is -0.164. The number of amides is 1. The maximum Gasteiger partial charge on any atom is 0.230 e. The molecule has 6 heteroatoms. The Labute approximate surface area is 134 Å². The van der Waals surface area contributed by atoms with Crippen molar-refractivity contribution < 1.29 is 9.90 Å². The van der Waals surface area contributed by atoms with Gasteiger partial charge in [0.1, 0.15) is 12.1 Å². The molecule has 1 aromatic carbocycles. The van der Waals surface area contributed by atoms with Crippen molar-refractivity contribution in [3.63, 3.8) is 0 Å². The predicted molar refractivity (Wildman–Crippen MR) is 83.9 cm³/mol. The highest BCUT2D eigenvalue weighted by atomic mass is 16.3. The topological polar surface area (TPSA) is 71.2 Å². The summed E-state index contributed by atoms with van der Waals surface area (Å²) in [6.07, 6.45) is 4.34. The minimum absolute atomic E-state index is 0.0681. The summed E-state index contributed by atoms with van der Waals surface area (Å²) >= 11 is 0. The normalized spacial score (nSPS) is 23.3. The Balaban J connectivity index is 1.65. The summed E-state index contributed by atoms with van der Waals surface area (Å²) in [5, 5.41) is 18.2. The molecule has 1 aliphatic carbocycles. The Hall–Kier alpha value is -2.37. The number of phenols is 1. The number of benzene rings is 1. The van der Waals surface area contributed by atoms with Gasteiger partial charge in [0.05, 0.1) is 12.0 Å². The Bertz CT molecular complexity index is 755. The number of aromatic nitrogens is 3. The number of fused-ring (bicyclic) bond motifs is 2. The number of hydrogen-bond acceptors (Lipinski definition) is 4. The van der Waals surface area contributed by atoms with Crippen LogP contribution in [-0.4, -0.2) is 37.2 Å². The zero-order chi connectivity index (χ0) is 16.0. The Morgan fingerprint density at radius 3 is 3.09 bits per heavy atom. The molecular formula is C17H20N4O2. The van der Waals surface area contributed by atoms with Crippen LogP contribution in [-0.2, 0) is 17.8 Å². The maximum atomic E-state index is 13.2. The van der Waals surface area contributed by atoms with E-state index in [9.17, 15) is 9.90 Å². The van der Waals surface area contributed by atoms with E-state index in [1.54, 1.807) is 12.4 Å². The summed E-state index contributed by atoms with van der Waals surface area (Å²) < 4.78 is 2.01. The first kappa shape index (κ1) is 14.2. The van der Waals surface area contributed by atoms with E-state index >= 15 is 0 Å². The quantitative estimate of drug-likeness (QED) is 0.874. The average molecular weight is 312 g/mol. The molecule has 6 nitrogen and oxygen atoms in total. The molecule has 0 saturated heterocycles. The minimum Gasteiger partial charge on any atom is -0.508 e. The zero-order valence-corrected chi connectivity index (χ0v) is 13.1. The van der Waals surface area contributed by atoms with Gasteiger partial charge in [0.15, 0.2) is 5.82 Å². The molecule has 1 amide bonds. The zero-order valence-electron chi connectivity index (χ0n) is 13.1. The molecular weight excluding hydrogens is 292 g/mol. The molecule has 1 aromatic heterocycles. The largest absolute Gasteiger partial charge is 0.508 e. The fraction of sp³-hybridized carbons (Fsp3) is 0.471. The second kappa shape index (κ2) is 5.37. The van der Waals surface area contributed by atoms with Crippen molar-refractivity contribution in [1.29, 1.82) is 0 Å². The molecule has 0 spiro atoms.